The number of rotatable bonds is 3. The SMILES string of the molecule is Cc1cc(C(=O)N(C)C2CCOC2)cc(S(N)(=O)=O)c1Cl. The highest BCUT2D eigenvalue weighted by molar-refractivity contribution is 7.89. The predicted octanol–water partition coefficient (Wildman–Crippen LogP) is 1.16. The maximum atomic E-state index is 12.5. The van der Waals surface area contributed by atoms with Crippen LogP contribution in [0.5, 0.6) is 0 Å². The Bertz CT molecular complexity index is 669. The highest BCUT2D eigenvalue weighted by Gasteiger charge is 2.26. The highest BCUT2D eigenvalue weighted by atomic mass is 35.5. The van der Waals surface area contributed by atoms with Crippen molar-refractivity contribution in [3.05, 3.63) is 28.3 Å². The lowest BCUT2D eigenvalue weighted by Crippen LogP contribution is -2.37. The van der Waals surface area contributed by atoms with Gasteiger partial charge in [-0.15, -0.1) is 0 Å². The molecule has 1 unspecified atom stereocenters. The Balaban J connectivity index is 2.40. The second-order valence-electron chi connectivity index (χ2n) is 5.08. The number of halogens is 1. The van der Waals surface area contributed by atoms with Crippen molar-refractivity contribution < 1.29 is 17.9 Å². The number of nitrogens with two attached hydrogens (primary N) is 1. The summed E-state index contributed by atoms with van der Waals surface area (Å²) in [5, 5.41) is 5.18. The number of likely N-dealkylation sites (N-methyl/N-ethyl adjacent to an activating group) is 1. The lowest BCUT2D eigenvalue weighted by atomic mass is 10.1. The number of benzene rings is 1. The van der Waals surface area contributed by atoms with Crippen molar-refractivity contribution in [1.82, 2.24) is 4.90 Å². The Kier molecular flexibility index (Phi) is 4.57. The number of carbonyl (C=O) groups is 1. The van der Waals surface area contributed by atoms with Gasteiger partial charge in [0.05, 0.1) is 17.7 Å². The summed E-state index contributed by atoms with van der Waals surface area (Å²) in [5.41, 5.74) is 0.734. The quantitative estimate of drug-likeness (QED) is 0.899. The molecule has 1 aromatic carbocycles. The van der Waals surface area contributed by atoms with Gasteiger partial charge in [-0.2, -0.15) is 0 Å². The highest BCUT2D eigenvalue weighted by Crippen LogP contribution is 2.27. The summed E-state index contributed by atoms with van der Waals surface area (Å²) in [5.74, 6) is -0.282. The van der Waals surface area contributed by atoms with E-state index in [0.29, 0.717) is 18.8 Å². The fourth-order valence-corrected chi connectivity index (χ4v) is 3.40. The van der Waals surface area contributed by atoms with Crippen LogP contribution in [0.1, 0.15) is 22.3 Å². The Morgan fingerprint density at radius 3 is 2.67 bits per heavy atom. The summed E-state index contributed by atoms with van der Waals surface area (Å²) >= 11 is 5.96. The first-order valence-corrected chi connectivity index (χ1v) is 8.32. The third-order valence-corrected chi connectivity index (χ3v) is 5.10. The molecule has 1 heterocycles. The molecule has 2 rings (SSSR count). The van der Waals surface area contributed by atoms with Crippen LogP contribution in [0.4, 0.5) is 0 Å². The molecule has 0 aromatic heterocycles. The zero-order chi connectivity index (χ0) is 15.8. The zero-order valence-electron chi connectivity index (χ0n) is 11.8. The molecule has 1 aliphatic rings. The van der Waals surface area contributed by atoms with Gasteiger partial charge in [0.15, 0.2) is 0 Å². The summed E-state index contributed by atoms with van der Waals surface area (Å²) < 4.78 is 28.4. The Labute approximate surface area is 128 Å². The van der Waals surface area contributed by atoms with E-state index in [0.717, 1.165) is 6.42 Å². The van der Waals surface area contributed by atoms with E-state index in [2.05, 4.69) is 0 Å². The molecule has 0 saturated carbocycles. The lowest BCUT2D eigenvalue weighted by Gasteiger charge is -2.23. The van der Waals surface area contributed by atoms with Gasteiger partial charge in [-0.05, 0) is 31.0 Å². The van der Waals surface area contributed by atoms with Crippen molar-refractivity contribution >= 4 is 27.5 Å². The fourth-order valence-electron chi connectivity index (χ4n) is 2.26. The maximum absolute atomic E-state index is 12.5. The van der Waals surface area contributed by atoms with Gasteiger partial charge in [0.25, 0.3) is 5.91 Å². The number of hydrogen-bond donors (Lipinski definition) is 1. The molecule has 1 saturated heterocycles. The summed E-state index contributed by atoms with van der Waals surface area (Å²) in [7, 11) is -2.32. The minimum absolute atomic E-state index is 0.00795. The van der Waals surface area contributed by atoms with Crippen molar-refractivity contribution in [1.29, 1.82) is 0 Å². The van der Waals surface area contributed by atoms with Crippen LogP contribution in [-0.4, -0.2) is 45.5 Å². The van der Waals surface area contributed by atoms with Gasteiger partial charge >= 0.3 is 0 Å². The van der Waals surface area contributed by atoms with Gasteiger partial charge in [0, 0.05) is 19.2 Å². The second kappa shape index (κ2) is 5.92. The van der Waals surface area contributed by atoms with Crippen LogP contribution in [-0.2, 0) is 14.8 Å². The number of ether oxygens (including phenoxy) is 1. The van der Waals surface area contributed by atoms with Crippen molar-refractivity contribution in [2.75, 3.05) is 20.3 Å². The fraction of sp³-hybridized carbons (Fsp3) is 0.462. The number of carbonyl (C=O) groups excluding carboxylic acids is 1. The van der Waals surface area contributed by atoms with Crippen LogP contribution >= 0.6 is 11.6 Å². The Morgan fingerprint density at radius 1 is 1.48 bits per heavy atom. The van der Waals surface area contributed by atoms with E-state index < -0.39 is 10.0 Å². The normalized spacial score (nSPS) is 18.8. The standard InChI is InChI=1S/C13H17ClN2O4S/c1-8-5-9(6-11(12(8)14)21(15,18)19)13(17)16(2)10-3-4-20-7-10/h5-6,10H,3-4,7H2,1-2H3,(H2,15,18,19). The minimum atomic E-state index is -3.98. The molecule has 1 atom stereocenters. The Morgan fingerprint density at radius 2 is 2.14 bits per heavy atom. The molecular weight excluding hydrogens is 316 g/mol. The summed E-state index contributed by atoms with van der Waals surface area (Å²) in [6.45, 7) is 2.73. The molecule has 0 aliphatic carbocycles. The largest absolute Gasteiger partial charge is 0.379 e. The molecule has 116 valence electrons. The Hall–Kier alpha value is -1.15. The average Bonchev–Trinajstić information content (AvgIpc) is 2.92. The molecule has 0 spiro atoms. The molecule has 0 bridgehead atoms. The smallest absolute Gasteiger partial charge is 0.253 e. The van der Waals surface area contributed by atoms with E-state index in [4.69, 9.17) is 21.5 Å². The molecule has 8 heteroatoms. The van der Waals surface area contributed by atoms with Crippen molar-refractivity contribution in [2.45, 2.75) is 24.3 Å². The minimum Gasteiger partial charge on any atom is -0.379 e. The third kappa shape index (κ3) is 3.37. The van der Waals surface area contributed by atoms with Gasteiger partial charge in [-0.1, -0.05) is 11.6 Å². The molecule has 1 amide bonds. The molecule has 1 aromatic rings. The summed E-state index contributed by atoms with van der Waals surface area (Å²) in [6, 6.07) is 2.77. The number of aryl methyl sites for hydroxylation is 1. The van der Waals surface area contributed by atoms with Gasteiger partial charge in [0.2, 0.25) is 10.0 Å². The maximum Gasteiger partial charge on any atom is 0.253 e. The van der Waals surface area contributed by atoms with Gasteiger partial charge in [-0.3, -0.25) is 4.79 Å². The van der Waals surface area contributed by atoms with Crippen molar-refractivity contribution in [3.8, 4) is 0 Å². The summed E-state index contributed by atoms with van der Waals surface area (Å²) in [4.78, 5) is 13.8. The summed E-state index contributed by atoms with van der Waals surface area (Å²) in [6.07, 6.45) is 0.761. The van der Waals surface area contributed by atoms with Crippen LogP contribution < -0.4 is 5.14 Å². The lowest BCUT2D eigenvalue weighted by molar-refractivity contribution is 0.0711. The first-order chi connectivity index (χ1) is 9.71. The predicted molar refractivity (Wildman–Crippen MR) is 78.9 cm³/mol. The van der Waals surface area contributed by atoms with Gasteiger partial charge < -0.3 is 9.64 Å². The number of amides is 1. The number of primary sulfonamides is 1. The first-order valence-electron chi connectivity index (χ1n) is 6.39. The molecule has 21 heavy (non-hydrogen) atoms. The number of sulfonamides is 1. The molecule has 1 fully saturated rings. The van der Waals surface area contributed by atoms with E-state index in [9.17, 15) is 13.2 Å². The average molecular weight is 333 g/mol. The van der Waals surface area contributed by atoms with Crippen LogP contribution in [0.3, 0.4) is 0 Å². The monoisotopic (exact) mass is 332 g/mol. The number of hydrogen-bond acceptors (Lipinski definition) is 4. The first kappa shape index (κ1) is 16.2. The van der Waals surface area contributed by atoms with Gasteiger partial charge in [0.1, 0.15) is 4.90 Å². The van der Waals surface area contributed by atoms with Gasteiger partial charge in [-0.25, -0.2) is 13.6 Å². The van der Waals surface area contributed by atoms with E-state index in [1.807, 2.05) is 0 Å². The molecule has 0 radical (unpaired) electrons. The van der Waals surface area contributed by atoms with Crippen LogP contribution in [0.15, 0.2) is 17.0 Å². The van der Waals surface area contributed by atoms with Crippen LogP contribution in [0.25, 0.3) is 0 Å². The zero-order valence-corrected chi connectivity index (χ0v) is 13.4. The molecule has 2 N–H and O–H groups in total. The van der Waals surface area contributed by atoms with Crippen molar-refractivity contribution in [3.63, 3.8) is 0 Å². The second-order valence-corrected chi connectivity index (χ2v) is 6.99. The van der Waals surface area contributed by atoms with Crippen molar-refractivity contribution in [2.24, 2.45) is 5.14 Å². The van der Waals surface area contributed by atoms with E-state index >= 15 is 0 Å². The van der Waals surface area contributed by atoms with Crippen LogP contribution in [0, 0.1) is 6.92 Å². The van der Waals surface area contributed by atoms with E-state index in [1.54, 1.807) is 24.9 Å². The van der Waals surface area contributed by atoms with E-state index in [-0.39, 0.29) is 27.4 Å². The molecule has 6 nitrogen and oxygen atoms in total. The van der Waals surface area contributed by atoms with Crippen LogP contribution in [0.2, 0.25) is 5.02 Å². The topological polar surface area (TPSA) is 89.7 Å². The number of nitrogens with zero attached hydrogens (tertiary/aromatic N) is 1. The molecular formula is C13H17ClN2O4S. The third-order valence-electron chi connectivity index (χ3n) is 3.55. The van der Waals surface area contributed by atoms with E-state index in [1.165, 1.54) is 6.07 Å². The molecule has 1 aliphatic heterocycles.